The molecular formula is C22H22N2O4S. The van der Waals surface area contributed by atoms with Gasteiger partial charge in [0.1, 0.15) is 12.3 Å². The fourth-order valence-corrected chi connectivity index (χ4v) is 3.66. The van der Waals surface area contributed by atoms with Crippen LogP contribution in [0.25, 0.3) is 6.08 Å². The Hall–Kier alpha value is -3.06. The molecule has 1 fully saturated rings. The Bertz CT molecular complexity index is 954. The lowest BCUT2D eigenvalue weighted by Gasteiger charge is -2.12. The molecule has 0 bridgehead atoms. The second-order valence-corrected chi connectivity index (χ2v) is 7.33. The molecule has 1 heterocycles. The standard InChI is InChI=1S/C22H22N2O4S/c1-3-15-9-11-17(12-10-15)23-20(25)14-24-21(26)19(29-22(24)27)13-16-7-5-6-8-18(16)28-4-2/h5-13H,3-4,14H2,1-2H3,(H,23,25)/b19-13+. The van der Waals surface area contributed by atoms with E-state index in [9.17, 15) is 14.4 Å². The largest absolute Gasteiger partial charge is 0.493 e. The number of aryl methyl sites for hydroxylation is 1. The van der Waals surface area contributed by atoms with E-state index in [-0.39, 0.29) is 11.4 Å². The van der Waals surface area contributed by atoms with E-state index in [0.29, 0.717) is 23.6 Å². The molecule has 29 heavy (non-hydrogen) atoms. The highest BCUT2D eigenvalue weighted by atomic mass is 32.2. The molecule has 2 aromatic rings. The number of ether oxygens (including phenoxy) is 1. The Morgan fingerprint density at radius 2 is 1.83 bits per heavy atom. The van der Waals surface area contributed by atoms with Gasteiger partial charge in [-0.05, 0) is 54.9 Å². The van der Waals surface area contributed by atoms with Crippen LogP contribution >= 0.6 is 11.8 Å². The van der Waals surface area contributed by atoms with Crippen molar-refractivity contribution in [1.29, 1.82) is 0 Å². The molecule has 0 radical (unpaired) electrons. The van der Waals surface area contributed by atoms with Gasteiger partial charge in [0.25, 0.3) is 11.1 Å². The number of nitrogens with one attached hydrogen (secondary N) is 1. The number of nitrogens with zero attached hydrogens (tertiary/aromatic N) is 1. The summed E-state index contributed by atoms with van der Waals surface area (Å²) in [7, 11) is 0. The first-order valence-corrected chi connectivity index (χ1v) is 10.2. The van der Waals surface area contributed by atoms with Gasteiger partial charge in [-0.2, -0.15) is 0 Å². The second-order valence-electron chi connectivity index (χ2n) is 6.34. The normalized spacial score (nSPS) is 15.1. The lowest BCUT2D eigenvalue weighted by molar-refractivity contribution is -0.127. The lowest BCUT2D eigenvalue weighted by Crippen LogP contribution is -2.36. The monoisotopic (exact) mass is 410 g/mol. The van der Waals surface area contributed by atoms with Gasteiger partial charge in [0.15, 0.2) is 0 Å². The maximum atomic E-state index is 12.7. The molecular weight excluding hydrogens is 388 g/mol. The molecule has 0 atom stereocenters. The number of imide groups is 1. The van der Waals surface area contributed by atoms with Gasteiger partial charge in [0.2, 0.25) is 5.91 Å². The van der Waals surface area contributed by atoms with Crippen molar-refractivity contribution in [2.24, 2.45) is 0 Å². The quantitative estimate of drug-likeness (QED) is 0.688. The molecule has 1 saturated heterocycles. The molecule has 0 aliphatic carbocycles. The van der Waals surface area contributed by atoms with Crippen LogP contribution < -0.4 is 10.1 Å². The zero-order valence-corrected chi connectivity index (χ0v) is 17.1. The van der Waals surface area contributed by atoms with Crippen LogP contribution in [0.5, 0.6) is 5.75 Å². The van der Waals surface area contributed by atoms with Crippen LogP contribution in [-0.2, 0) is 16.0 Å². The van der Waals surface area contributed by atoms with Crippen LogP contribution in [0.2, 0.25) is 0 Å². The van der Waals surface area contributed by atoms with E-state index >= 15 is 0 Å². The van der Waals surface area contributed by atoms with Crippen LogP contribution in [0, 0.1) is 0 Å². The van der Waals surface area contributed by atoms with Crippen LogP contribution in [0.1, 0.15) is 25.0 Å². The first-order valence-electron chi connectivity index (χ1n) is 9.37. The summed E-state index contributed by atoms with van der Waals surface area (Å²) in [6.07, 6.45) is 2.53. The fourth-order valence-electron chi connectivity index (χ4n) is 2.83. The maximum absolute atomic E-state index is 12.7. The SMILES string of the molecule is CCOc1ccccc1/C=C1/SC(=O)N(CC(=O)Nc2ccc(CC)cc2)C1=O. The Balaban J connectivity index is 1.69. The minimum atomic E-state index is -0.484. The van der Waals surface area contributed by atoms with Crippen molar-refractivity contribution >= 4 is 40.6 Å². The molecule has 7 heteroatoms. The molecule has 6 nitrogen and oxygen atoms in total. The highest BCUT2D eigenvalue weighted by Gasteiger charge is 2.36. The van der Waals surface area contributed by atoms with Crippen molar-refractivity contribution in [3.63, 3.8) is 0 Å². The van der Waals surface area contributed by atoms with E-state index in [4.69, 9.17) is 4.74 Å². The van der Waals surface area contributed by atoms with Crippen molar-refractivity contribution in [3.05, 3.63) is 64.6 Å². The summed E-state index contributed by atoms with van der Waals surface area (Å²) < 4.78 is 5.56. The third-order valence-electron chi connectivity index (χ3n) is 4.33. The highest BCUT2D eigenvalue weighted by molar-refractivity contribution is 8.18. The molecule has 0 spiro atoms. The highest BCUT2D eigenvalue weighted by Crippen LogP contribution is 2.33. The number of rotatable bonds is 7. The predicted molar refractivity (Wildman–Crippen MR) is 115 cm³/mol. The van der Waals surface area contributed by atoms with Gasteiger partial charge in [0, 0.05) is 11.3 Å². The van der Waals surface area contributed by atoms with E-state index in [2.05, 4.69) is 5.32 Å². The Kier molecular flexibility index (Phi) is 6.72. The van der Waals surface area contributed by atoms with E-state index < -0.39 is 17.1 Å². The molecule has 3 rings (SSSR count). The molecule has 150 valence electrons. The second kappa shape index (κ2) is 9.43. The van der Waals surface area contributed by atoms with Gasteiger partial charge >= 0.3 is 0 Å². The number of hydrogen-bond acceptors (Lipinski definition) is 5. The number of hydrogen-bond donors (Lipinski definition) is 1. The molecule has 0 saturated carbocycles. The zero-order valence-electron chi connectivity index (χ0n) is 16.3. The molecule has 0 unspecified atom stereocenters. The molecule has 0 aromatic heterocycles. The molecule has 1 N–H and O–H groups in total. The van der Waals surface area contributed by atoms with Gasteiger partial charge in [-0.15, -0.1) is 0 Å². The Labute approximate surface area is 173 Å². The number of carbonyl (C=O) groups excluding carboxylic acids is 3. The van der Waals surface area contributed by atoms with Crippen LogP contribution in [-0.4, -0.2) is 35.1 Å². The van der Waals surface area contributed by atoms with Crippen molar-refractivity contribution in [1.82, 2.24) is 4.90 Å². The fraction of sp³-hybridized carbons (Fsp3) is 0.227. The number of thioether (sulfide) groups is 1. The summed E-state index contributed by atoms with van der Waals surface area (Å²) >= 11 is 0.820. The minimum absolute atomic E-state index is 0.266. The van der Waals surface area contributed by atoms with Crippen molar-refractivity contribution in [2.45, 2.75) is 20.3 Å². The molecule has 2 aromatic carbocycles. The van der Waals surface area contributed by atoms with E-state index in [1.54, 1.807) is 24.3 Å². The average molecular weight is 410 g/mol. The number of amides is 3. The first-order chi connectivity index (χ1) is 14.0. The minimum Gasteiger partial charge on any atom is -0.493 e. The Morgan fingerprint density at radius 1 is 1.10 bits per heavy atom. The molecule has 1 aliphatic rings. The molecule has 1 aliphatic heterocycles. The molecule has 3 amide bonds. The summed E-state index contributed by atoms with van der Waals surface area (Å²) in [5, 5.41) is 2.25. The van der Waals surface area contributed by atoms with E-state index in [1.807, 2.05) is 44.2 Å². The van der Waals surface area contributed by atoms with Crippen molar-refractivity contribution in [3.8, 4) is 5.75 Å². The van der Waals surface area contributed by atoms with Crippen LogP contribution in [0.3, 0.4) is 0 Å². The number of carbonyl (C=O) groups is 3. The average Bonchev–Trinajstić information content (AvgIpc) is 2.97. The predicted octanol–water partition coefficient (Wildman–Crippen LogP) is 4.32. The summed E-state index contributed by atoms with van der Waals surface area (Å²) in [4.78, 5) is 38.5. The number of para-hydroxylation sites is 1. The summed E-state index contributed by atoms with van der Waals surface area (Å²) in [5.41, 5.74) is 2.49. The number of anilines is 1. The third-order valence-corrected chi connectivity index (χ3v) is 5.23. The van der Waals surface area contributed by atoms with Gasteiger partial charge in [-0.1, -0.05) is 37.3 Å². The topological polar surface area (TPSA) is 75.7 Å². The van der Waals surface area contributed by atoms with Gasteiger partial charge in [-0.25, -0.2) is 0 Å². The van der Waals surface area contributed by atoms with Crippen molar-refractivity contribution in [2.75, 3.05) is 18.5 Å². The lowest BCUT2D eigenvalue weighted by atomic mass is 10.1. The van der Waals surface area contributed by atoms with Crippen LogP contribution in [0.4, 0.5) is 10.5 Å². The summed E-state index contributed by atoms with van der Waals surface area (Å²) in [5.74, 6) is -0.273. The van der Waals surface area contributed by atoms with Gasteiger partial charge in [0.05, 0.1) is 11.5 Å². The van der Waals surface area contributed by atoms with Gasteiger partial charge < -0.3 is 10.1 Å². The smallest absolute Gasteiger partial charge is 0.294 e. The maximum Gasteiger partial charge on any atom is 0.294 e. The van der Waals surface area contributed by atoms with Gasteiger partial charge in [-0.3, -0.25) is 19.3 Å². The summed E-state index contributed by atoms with van der Waals surface area (Å²) in [6.45, 7) is 4.09. The number of benzene rings is 2. The first kappa shape index (κ1) is 20.7. The van der Waals surface area contributed by atoms with Crippen LogP contribution in [0.15, 0.2) is 53.4 Å². The van der Waals surface area contributed by atoms with Crippen molar-refractivity contribution < 1.29 is 19.1 Å². The van der Waals surface area contributed by atoms with E-state index in [0.717, 1.165) is 28.6 Å². The Morgan fingerprint density at radius 3 is 2.52 bits per heavy atom. The zero-order chi connectivity index (χ0) is 20.8. The summed E-state index contributed by atoms with van der Waals surface area (Å²) in [6, 6.07) is 14.7. The third kappa shape index (κ3) is 5.06. The van der Waals surface area contributed by atoms with E-state index in [1.165, 1.54) is 0 Å².